The van der Waals surface area contributed by atoms with Gasteiger partial charge in [0, 0.05) is 20.6 Å². The van der Waals surface area contributed by atoms with E-state index in [4.69, 9.17) is 19.4 Å². The summed E-state index contributed by atoms with van der Waals surface area (Å²) in [5.74, 6) is 0.946. The van der Waals surface area contributed by atoms with Gasteiger partial charge in [-0.3, -0.25) is 4.79 Å². The predicted octanol–water partition coefficient (Wildman–Crippen LogP) is 7.51. The van der Waals surface area contributed by atoms with Crippen molar-refractivity contribution in [2.45, 2.75) is 112 Å². The molecule has 1 saturated carbocycles. The minimum atomic E-state index is -0.288. The molecule has 1 aliphatic rings. The van der Waals surface area contributed by atoms with Crippen LogP contribution in [0.1, 0.15) is 106 Å². The fraction of sp³-hybridized carbons (Fsp3) is 0.677. The Morgan fingerprint density at radius 3 is 2.15 bits per heavy atom. The molecule has 0 radical (unpaired) electrons. The molecule has 0 aromatic carbocycles. The van der Waals surface area contributed by atoms with Crippen molar-refractivity contribution in [3.05, 3.63) is 46.4 Å². The van der Waals surface area contributed by atoms with E-state index in [9.17, 15) is 4.79 Å². The summed E-state index contributed by atoms with van der Waals surface area (Å²) >= 11 is 0. The topological polar surface area (TPSA) is 100 Å². The largest absolute Gasteiger partial charge is 0.490 e. The molecule has 0 aliphatic heterocycles. The number of hydrazine groups is 1. The first kappa shape index (κ1) is 38.4. The van der Waals surface area contributed by atoms with Gasteiger partial charge in [0.25, 0.3) is 6.47 Å². The van der Waals surface area contributed by atoms with Crippen molar-refractivity contribution >= 4 is 12.6 Å². The van der Waals surface area contributed by atoms with Gasteiger partial charge in [-0.25, -0.2) is 10.2 Å². The Morgan fingerprint density at radius 2 is 1.64 bits per heavy atom. The number of ether oxygens (including phenoxy) is 2. The summed E-state index contributed by atoms with van der Waals surface area (Å²) in [7, 11) is 3.62. The molecule has 1 amide bonds. The SMILES string of the molecule is CC.CC/C=C(C)/C(=C\C=C(C)\C(NNC)=C(\CCC)COC(=O)N(C)CCC)OC1CCCCC1.O=CO. The van der Waals surface area contributed by atoms with E-state index in [1.807, 2.05) is 27.8 Å². The van der Waals surface area contributed by atoms with Crippen LogP contribution in [0.2, 0.25) is 0 Å². The molecule has 1 fully saturated rings. The van der Waals surface area contributed by atoms with Gasteiger partial charge in [0.1, 0.15) is 12.4 Å². The fourth-order valence-corrected chi connectivity index (χ4v) is 4.16. The van der Waals surface area contributed by atoms with Crippen LogP contribution < -0.4 is 10.9 Å². The summed E-state index contributed by atoms with van der Waals surface area (Å²) < 4.78 is 12.1. The predicted molar refractivity (Wildman–Crippen MR) is 162 cm³/mol. The van der Waals surface area contributed by atoms with Crippen molar-refractivity contribution in [3.8, 4) is 0 Å². The zero-order valence-corrected chi connectivity index (χ0v) is 26.2. The number of hydrogen-bond acceptors (Lipinski definition) is 6. The highest BCUT2D eigenvalue weighted by atomic mass is 16.6. The molecule has 0 saturated heterocycles. The third kappa shape index (κ3) is 17.5. The third-order valence-corrected chi connectivity index (χ3v) is 6.02. The van der Waals surface area contributed by atoms with Crippen molar-refractivity contribution in [3.63, 3.8) is 0 Å². The highest BCUT2D eigenvalue weighted by Crippen LogP contribution is 2.26. The Morgan fingerprint density at radius 1 is 1.03 bits per heavy atom. The lowest BCUT2D eigenvalue weighted by molar-refractivity contribution is -0.122. The normalized spacial score (nSPS) is 15.1. The quantitative estimate of drug-likeness (QED) is 0.0889. The van der Waals surface area contributed by atoms with Crippen LogP contribution in [-0.2, 0) is 14.3 Å². The molecule has 0 aromatic heterocycles. The van der Waals surface area contributed by atoms with Crippen molar-refractivity contribution < 1.29 is 24.2 Å². The molecular formula is C31H57N3O5. The zero-order valence-electron chi connectivity index (χ0n) is 26.2. The van der Waals surface area contributed by atoms with Crippen LogP contribution in [0.4, 0.5) is 4.79 Å². The molecule has 0 heterocycles. The van der Waals surface area contributed by atoms with Gasteiger partial charge in [0.2, 0.25) is 0 Å². The van der Waals surface area contributed by atoms with Gasteiger partial charge in [-0.1, -0.05) is 59.6 Å². The van der Waals surface area contributed by atoms with E-state index in [0.29, 0.717) is 12.6 Å². The van der Waals surface area contributed by atoms with Crippen LogP contribution in [-0.4, -0.2) is 55.9 Å². The molecule has 226 valence electrons. The average Bonchev–Trinajstić information content (AvgIpc) is 2.94. The van der Waals surface area contributed by atoms with E-state index in [1.165, 1.54) is 24.8 Å². The lowest BCUT2D eigenvalue weighted by atomic mass is 9.97. The zero-order chi connectivity index (χ0) is 30.1. The highest BCUT2D eigenvalue weighted by Gasteiger charge is 2.17. The summed E-state index contributed by atoms with van der Waals surface area (Å²) in [4.78, 5) is 22.3. The van der Waals surface area contributed by atoms with Crippen molar-refractivity contribution in [1.82, 2.24) is 15.8 Å². The first-order valence-electron chi connectivity index (χ1n) is 14.6. The first-order valence-corrected chi connectivity index (χ1v) is 14.6. The Balaban J connectivity index is 0. The number of amides is 1. The third-order valence-electron chi connectivity index (χ3n) is 6.02. The van der Waals surface area contributed by atoms with E-state index in [2.05, 4.69) is 56.8 Å². The second-order valence-electron chi connectivity index (χ2n) is 9.24. The molecule has 1 aliphatic carbocycles. The summed E-state index contributed by atoms with van der Waals surface area (Å²) in [5, 5.41) is 6.89. The molecule has 0 spiro atoms. The number of nitrogens with one attached hydrogen (secondary N) is 2. The maximum absolute atomic E-state index is 12.3. The highest BCUT2D eigenvalue weighted by molar-refractivity contribution is 5.67. The Labute approximate surface area is 238 Å². The van der Waals surface area contributed by atoms with E-state index in [0.717, 1.165) is 61.1 Å². The Bertz CT molecular complexity index is 781. The summed E-state index contributed by atoms with van der Waals surface area (Å²) in [5.41, 5.74) is 10.6. The van der Waals surface area contributed by atoms with Gasteiger partial charge in [-0.2, -0.15) is 0 Å². The lowest BCUT2D eigenvalue weighted by Gasteiger charge is -2.25. The number of carbonyl (C=O) groups is 2. The smallest absolute Gasteiger partial charge is 0.409 e. The second kappa shape index (κ2) is 25.5. The van der Waals surface area contributed by atoms with Crippen LogP contribution in [0.5, 0.6) is 0 Å². The fourth-order valence-electron chi connectivity index (χ4n) is 4.16. The van der Waals surface area contributed by atoms with Gasteiger partial charge < -0.3 is 24.9 Å². The number of rotatable bonds is 14. The van der Waals surface area contributed by atoms with E-state index in [-0.39, 0.29) is 19.2 Å². The number of carbonyl (C=O) groups excluding carboxylic acids is 1. The lowest BCUT2D eigenvalue weighted by Crippen LogP contribution is -2.31. The Hall–Kier alpha value is -2.74. The van der Waals surface area contributed by atoms with Crippen LogP contribution in [0.3, 0.4) is 0 Å². The molecule has 3 N–H and O–H groups in total. The maximum atomic E-state index is 12.3. The van der Waals surface area contributed by atoms with Gasteiger partial charge in [-0.05, 0) is 81.6 Å². The minimum absolute atomic E-state index is 0.250. The molecule has 0 unspecified atom stereocenters. The van der Waals surface area contributed by atoms with Crippen molar-refractivity contribution in [2.75, 3.05) is 27.2 Å². The second-order valence-corrected chi connectivity index (χ2v) is 9.24. The van der Waals surface area contributed by atoms with Crippen LogP contribution in [0.25, 0.3) is 0 Å². The number of hydrogen-bond donors (Lipinski definition) is 3. The van der Waals surface area contributed by atoms with Gasteiger partial charge in [-0.15, -0.1) is 0 Å². The van der Waals surface area contributed by atoms with Crippen LogP contribution >= 0.6 is 0 Å². The molecule has 39 heavy (non-hydrogen) atoms. The number of nitrogens with zero attached hydrogens (tertiary/aromatic N) is 1. The van der Waals surface area contributed by atoms with Crippen molar-refractivity contribution in [2.24, 2.45) is 0 Å². The summed E-state index contributed by atoms with van der Waals surface area (Å²) in [6.07, 6.45) is 16.2. The summed E-state index contributed by atoms with van der Waals surface area (Å²) in [6, 6.07) is 0. The van der Waals surface area contributed by atoms with Crippen LogP contribution in [0, 0.1) is 0 Å². The minimum Gasteiger partial charge on any atom is -0.490 e. The molecule has 8 nitrogen and oxygen atoms in total. The molecule has 0 atom stereocenters. The van der Waals surface area contributed by atoms with Crippen molar-refractivity contribution in [1.29, 1.82) is 0 Å². The maximum Gasteiger partial charge on any atom is 0.409 e. The average molecular weight is 552 g/mol. The summed E-state index contributed by atoms with van der Waals surface area (Å²) in [6.45, 7) is 15.2. The first-order chi connectivity index (χ1) is 18.8. The number of allylic oxidation sites excluding steroid dienone is 5. The van der Waals surface area contributed by atoms with Gasteiger partial charge in [0.05, 0.1) is 11.8 Å². The molecule has 8 heteroatoms. The van der Waals surface area contributed by atoms with E-state index >= 15 is 0 Å². The van der Waals surface area contributed by atoms with Gasteiger partial charge >= 0.3 is 6.09 Å². The van der Waals surface area contributed by atoms with Crippen LogP contribution in [0.15, 0.2) is 46.4 Å². The standard InChI is InChI=1S/C28H49N3O3.C2H6.CH2O2/c1-8-14-22(4)26(34-25-16-12-11-13-17-25)19-18-23(5)27(30-29-6)24(15-9-2)21-33-28(32)31(7)20-10-3;1-2;2-1-3/h14,18-19,25,29-30H,8-13,15-17,20-21H2,1-7H3;1-2H3;1H,(H,2,3)/b22-14+,23-18+,26-19+,27-24+;;. The van der Waals surface area contributed by atoms with Gasteiger partial charge in [0.15, 0.2) is 0 Å². The molecule has 0 aromatic rings. The Kier molecular flexibility index (Phi) is 25.1. The molecule has 1 rings (SSSR count). The number of carboxylic acid groups (broad SMARTS) is 1. The molecular weight excluding hydrogens is 494 g/mol. The monoisotopic (exact) mass is 551 g/mol. The van der Waals surface area contributed by atoms with E-state index < -0.39 is 0 Å². The molecule has 0 bridgehead atoms. The van der Waals surface area contributed by atoms with E-state index in [1.54, 1.807) is 11.9 Å².